The monoisotopic (exact) mass is 467 g/mol. The average Bonchev–Trinajstić information content (AvgIpc) is 3.25. The highest BCUT2D eigenvalue weighted by atomic mass is 16.2. The molecule has 2 aliphatic rings. The summed E-state index contributed by atoms with van der Waals surface area (Å²) in [6, 6.07) is 10.7. The Hall–Kier alpha value is -2.61. The second-order valence-corrected chi connectivity index (χ2v) is 10.1. The number of rotatable bonds is 8. The van der Waals surface area contributed by atoms with Gasteiger partial charge in [-0.3, -0.25) is 4.90 Å². The number of aryl methyl sites for hydroxylation is 1. The van der Waals surface area contributed by atoms with E-state index >= 15 is 0 Å². The highest BCUT2D eigenvalue weighted by Crippen LogP contribution is 2.20. The van der Waals surface area contributed by atoms with Gasteiger partial charge in [-0.25, -0.2) is 9.47 Å². The van der Waals surface area contributed by atoms with Crippen LogP contribution in [0.5, 0.6) is 0 Å². The van der Waals surface area contributed by atoms with Gasteiger partial charge < -0.3 is 15.6 Å². The normalized spacial score (nSPS) is 18.8. The maximum Gasteiger partial charge on any atom is 0.315 e. The van der Waals surface area contributed by atoms with Crippen LogP contribution in [-0.2, 0) is 0 Å². The van der Waals surface area contributed by atoms with Crippen molar-refractivity contribution >= 4 is 6.03 Å². The number of aromatic nitrogens is 3. The van der Waals surface area contributed by atoms with Gasteiger partial charge in [0.1, 0.15) is 5.82 Å². The zero-order chi connectivity index (χ0) is 23.9. The van der Waals surface area contributed by atoms with Gasteiger partial charge in [-0.05, 0) is 31.7 Å². The Morgan fingerprint density at radius 3 is 2.41 bits per heavy atom. The lowest BCUT2D eigenvalue weighted by molar-refractivity contribution is 0.214. The van der Waals surface area contributed by atoms with Crippen molar-refractivity contribution in [3.63, 3.8) is 0 Å². The van der Waals surface area contributed by atoms with Gasteiger partial charge in [0.2, 0.25) is 0 Å². The Bertz CT molecular complexity index is 899. The molecule has 2 aromatic rings. The van der Waals surface area contributed by atoms with Gasteiger partial charge >= 0.3 is 6.03 Å². The smallest absolute Gasteiger partial charge is 0.315 e. The minimum absolute atomic E-state index is 0.00968. The summed E-state index contributed by atoms with van der Waals surface area (Å²) in [5.74, 6) is 2.33. The first kappa shape index (κ1) is 24.5. The van der Waals surface area contributed by atoms with E-state index in [1.165, 1.54) is 24.8 Å². The van der Waals surface area contributed by atoms with Gasteiger partial charge in [0, 0.05) is 44.7 Å². The van der Waals surface area contributed by atoms with Crippen molar-refractivity contribution < 1.29 is 4.79 Å². The van der Waals surface area contributed by atoms with Gasteiger partial charge in [0.05, 0.1) is 6.04 Å². The van der Waals surface area contributed by atoms with Crippen molar-refractivity contribution in [1.29, 1.82) is 0 Å². The van der Waals surface area contributed by atoms with Crippen LogP contribution in [0.25, 0.3) is 0 Å². The number of carbonyl (C=O) groups is 1. The molecule has 8 heteroatoms. The lowest BCUT2D eigenvalue weighted by atomic mass is 9.96. The van der Waals surface area contributed by atoms with E-state index in [1.54, 1.807) is 0 Å². The van der Waals surface area contributed by atoms with Crippen LogP contribution >= 0.6 is 0 Å². The fourth-order valence-corrected chi connectivity index (χ4v) is 5.20. The summed E-state index contributed by atoms with van der Waals surface area (Å²) < 4.78 is 2.20. The van der Waals surface area contributed by atoms with E-state index in [4.69, 9.17) is 0 Å². The number of hydrogen-bond acceptors (Lipinski definition) is 5. The Morgan fingerprint density at radius 1 is 1.03 bits per heavy atom. The number of nitrogens with one attached hydrogen (secondary N) is 2. The van der Waals surface area contributed by atoms with Crippen molar-refractivity contribution in [2.75, 3.05) is 37.7 Å². The number of benzene rings is 1. The van der Waals surface area contributed by atoms with Crippen LogP contribution in [0.15, 0.2) is 30.3 Å². The molecule has 0 spiro atoms. The lowest BCUT2D eigenvalue weighted by Gasteiger charge is -2.38. The molecule has 0 bridgehead atoms. The van der Waals surface area contributed by atoms with Crippen LogP contribution in [0.4, 0.5) is 4.79 Å². The second kappa shape index (κ2) is 11.7. The molecule has 0 radical (unpaired) electrons. The number of hydrogen-bond donors (Lipinski definition) is 2. The van der Waals surface area contributed by atoms with Gasteiger partial charge in [0.15, 0.2) is 5.82 Å². The van der Waals surface area contributed by atoms with E-state index in [0.29, 0.717) is 12.0 Å². The first-order chi connectivity index (χ1) is 16.5. The minimum Gasteiger partial charge on any atom is -0.335 e. The molecule has 2 fully saturated rings. The largest absolute Gasteiger partial charge is 0.335 e. The summed E-state index contributed by atoms with van der Waals surface area (Å²) in [4.78, 5) is 15.3. The van der Waals surface area contributed by atoms with Gasteiger partial charge in [-0.15, -0.1) is 10.2 Å². The van der Waals surface area contributed by atoms with Crippen molar-refractivity contribution in [2.45, 2.75) is 77.3 Å². The number of piperazine rings is 1. The molecule has 1 saturated carbocycles. The van der Waals surface area contributed by atoms with Gasteiger partial charge in [-0.2, -0.15) is 0 Å². The van der Waals surface area contributed by atoms with Crippen molar-refractivity contribution in [3.8, 4) is 0 Å². The second-order valence-electron chi connectivity index (χ2n) is 10.1. The molecule has 2 heterocycles. The van der Waals surface area contributed by atoms with Crippen molar-refractivity contribution in [3.05, 3.63) is 47.5 Å². The molecule has 34 heavy (non-hydrogen) atoms. The molecule has 1 aromatic carbocycles. The molecule has 1 aromatic heterocycles. The van der Waals surface area contributed by atoms with Crippen LogP contribution in [0.2, 0.25) is 0 Å². The molecule has 1 aliphatic carbocycles. The standard InChI is InChI=1S/C26H41N7O/c1-20(2)25-30-29-21(3)33(25)32-18-16-31(17-19-32)15-14-24(22-10-6-4-7-11-22)28-26(34)27-23-12-8-5-9-13-23/h4,6-7,10-11,20,23-24H,5,8-9,12-19H2,1-3H3,(H2,27,28,34). The van der Waals surface area contributed by atoms with Crippen LogP contribution in [0.3, 0.4) is 0 Å². The predicted molar refractivity (Wildman–Crippen MR) is 136 cm³/mol. The van der Waals surface area contributed by atoms with Crippen LogP contribution in [0, 0.1) is 6.92 Å². The number of nitrogens with zero attached hydrogens (tertiary/aromatic N) is 5. The molecule has 2 N–H and O–H groups in total. The maximum absolute atomic E-state index is 12.8. The van der Waals surface area contributed by atoms with Crippen LogP contribution in [0.1, 0.15) is 81.5 Å². The number of amides is 2. The summed E-state index contributed by atoms with van der Waals surface area (Å²) in [5.41, 5.74) is 1.17. The van der Waals surface area contributed by atoms with Crippen molar-refractivity contribution in [2.24, 2.45) is 0 Å². The quantitative estimate of drug-likeness (QED) is 0.619. The summed E-state index contributed by atoms with van der Waals surface area (Å²) in [6.45, 7) is 11.2. The fraction of sp³-hybridized carbons (Fsp3) is 0.654. The third-order valence-electron chi connectivity index (χ3n) is 7.15. The predicted octanol–water partition coefficient (Wildman–Crippen LogP) is 3.73. The van der Waals surface area contributed by atoms with E-state index in [2.05, 4.69) is 73.5 Å². The first-order valence-electron chi connectivity index (χ1n) is 13.0. The summed E-state index contributed by atoms with van der Waals surface area (Å²) in [6.07, 6.45) is 6.80. The molecule has 186 valence electrons. The molecule has 4 rings (SSSR count). The molecule has 1 unspecified atom stereocenters. The Balaban J connectivity index is 1.31. The maximum atomic E-state index is 12.8. The Morgan fingerprint density at radius 2 is 1.74 bits per heavy atom. The first-order valence-corrected chi connectivity index (χ1v) is 13.0. The third-order valence-corrected chi connectivity index (χ3v) is 7.15. The van der Waals surface area contributed by atoms with E-state index in [-0.39, 0.29) is 12.1 Å². The zero-order valence-corrected chi connectivity index (χ0v) is 21.0. The Kier molecular flexibility index (Phi) is 8.43. The molecule has 8 nitrogen and oxygen atoms in total. The molecule has 1 atom stereocenters. The third kappa shape index (κ3) is 6.29. The summed E-state index contributed by atoms with van der Waals surface area (Å²) in [7, 11) is 0. The summed E-state index contributed by atoms with van der Waals surface area (Å²) in [5, 5.41) is 17.5. The minimum atomic E-state index is -0.0325. The average molecular weight is 468 g/mol. The summed E-state index contributed by atoms with van der Waals surface area (Å²) >= 11 is 0. The fourth-order valence-electron chi connectivity index (χ4n) is 5.20. The van der Waals surface area contributed by atoms with E-state index in [0.717, 1.165) is 63.6 Å². The van der Waals surface area contributed by atoms with Crippen LogP contribution in [-0.4, -0.2) is 64.6 Å². The molecule has 2 amide bonds. The Labute approximate surface area is 204 Å². The molecule has 1 aliphatic heterocycles. The number of carbonyl (C=O) groups excluding carboxylic acids is 1. The van der Waals surface area contributed by atoms with Gasteiger partial charge in [-0.1, -0.05) is 63.4 Å². The highest BCUT2D eigenvalue weighted by molar-refractivity contribution is 5.74. The zero-order valence-electron chi connectivity index (χ0n) is 21.0. The molecular formula is C26H41N7O. The van der Waals surface area contributed by atoms with Crippen LogP contribution < -0.4 is 15.6 Å². The van der Waals surface area contributed by atoms with E-state index in [1.807, 2.05) is 13.0 Å². The SMILES string of the molecule is Cc1nnc(C(C)C)n1N1CCN(CCC(NC(=O)NC2CCCCC2)c2ccccc2)CC1. The molecule has 1 saturated heterocycles. The number of urea groups is 1. The topological polar surface area (TPSA) is 78.3 Å². The van der Waals surface area contributed by atoms with Crippen molar-refractivity contribution in [1.82, 2.24) is 30.4 Å². The van der Waals surface area contributed by atoms with E-state index in [9.17, 15) is 4.79 Å². The lowest BCUT2D eigenvalue weighted by Crippen LogP contribution is -2.52. The molecular weight excluding hydrogens is 426 g/mol. The van der Waals surface area contributed by atoms with E-state index < -0.39 is 0 Å². The van der Waals surface area contributed by atoms with Gasteiger partial charge in [0.25, 0.3) is 0 Å². The highest BCUT2D eigenvalue weighted by Gasteiger charge is 2.24.